The second kappa shape index (κ2) is 9.39. The number of aryl methyl sites for hydroxylation is 2. The molecule has 0 radical (unpaired) electrons. The summed E-state index contributed by atoms with van der Waals surface area (Å²) in [6.07, 6.45) is 1.58. The van der Waals surface area contributed by atoms with Crippen LogP contribution in [-0.2, 0) is 12.8 Å². The Balaban J connectivity index is 0.000000243. The molecular formula is C18H24N2O4. The van der Waals surface area contributed by atoms with Gasteiger partial charge in [0.25, 0.3) is 0 Å². The van der Waals surface area contributed by atoms with Crippen molar-refractivity contribution in [1.29, 1.82) is 0 Å². The van der Waals surface area contributed by atoms with Crippen LogP contribution in [-0.4, -0.2) is 19.1 Å². The van der Waals surface area contributed by atoms with Gasteiger partial charge in [-0.3, -0.25) is 10.1 Å². The third-order valence-corrected chi connectivity index (χ3v) is 3.62. The highest BCUT2D eigenvalue weighted by atomic mass is 16.6. The van der Waals surface area contributed by atoms with Crippen molar-refractivity contribution in [2.24, 2.45) is 0 Å². The molecule has 2 aromatic rings. The van der Waals surface area contributed by atoms with Crippen molar-refractivity contribution < 1.29 is 14.4 Å². The number of hydrogen-bond donors (Lipinski definition) is 1. The summed E-state index contributed by atoms with van der Waals surface area (Å²) < 4.78 is 9.97. The van der Waals surface area contributed by atoms with Gasteiger partial charge in [-0.2, -0.15) is 0 Å². The van der Waals surface area contributed by atoms with Crippen molar-refractivity contribution in [2.45, 2.75) is 26.7 Å². The molecule has 0 aromatic heterocycles. The minimum atomic E-state index is -0.405. The third-order valence-electron chi connectivity index (χ3n) is 3.62. The van der Waals surface area contributed by atoms with E-state index in [1.54, 1.807) is 25.3 Å². The van der Waals surface area contributed by atoms with E-state index in [9.17, 15) is 10.1 Å². The number of hydrogen-bond acceptors (Lipinski definition) is 5. The van der Waals surface area contributed by atoms with Crippen LogP contribution in [0.15, 0.2) is 36.4 Å². The molecule has 2 N–H and O–H groups in total. The summed E-state index contributed by atoms with van der Waals surface area (Å²) in [5.41, 5.74) is 8.46. The van der Waals surface area contributed by atoms with Crippen LogP contribution in [0.1, 0.15) is 25.0 Å². The Morgan fingerprint density at radius 3 is 1.92 bits per heavy atom. The summed E-state index contributed by atoms with van der Waals surface area (Å²) in [6.45, 7) is 3.95. The van der Waals surface area contributed by atoms with Crippen molar-refractivity contribution in [2.75, 3.05) is 20.0 Å². The van der Waals surface area contributed by atoms with Crippen molar-refractivity contribution in [3.63, 3.8) is 0 Å². The average molecular weight is 332 g/mol. The normalized spacial score (nSPS) is 9.67. The van der Waals surface area contributed by atoms with E-state index < -0.39 is 4.92 Å². The molecule has 0 unspecified atom stereocenters. The predicted molar refractivity (Wildman–Crippen MR) is 95.8 cm³/mol. The highest BCUT2D eigenvalue weighted by molar-refractivity contribution is 5.58. The number of para-hydroxylation sites is 2. The van der Waals surface area contributed by atoms with Crippen LogP contribution < -0.4 is 15.2 Å². The summed E-state index contributed by atoms with van der Waals surface area (Å²) in [6, 6.07) is 10.9. The zero-order valence-corrected chi connectivity index (χ0v) is 14.5. The van der Waals surface area contributed by atoms with Crippen molar-refractivity contribution in [3.05, 3.63) is 57.6 Å². The molecule has 0 fully saturated rings. The highest BCUT2D eigenvalue weighted by Crippen LogP contribution is 2.30. The number of nitro benzene ring substituents is 1. The predicted octanol–water partition coefficient (Wildman–Crippen LogP) is 4.01. The molecule has 0 heterocycles. The fourth-order valence-corrected chi connectivity index (χ4v) is 2.30. The third kappa shape index (κ3) is 4.62. The lowest BCUT2D eigenvalue weighted by Gasteiger charge is -2.07. The molecule has 130 valence electrons. The van der Waals surface area contributed by atoms with Gasteiger partial charge in [0.15, 0.2) is 5.75 Å². The average Bonchev–Trinajstić information content (AvgIpc) is 2.61. The lowest BCUT2D eigenvalue weighted by Crippen LogP contribution is -1.97. The fraction of sp³-hybridized carbons (Fsp3) is 0.333. The minimum absolute atomic E-state index is 0.0764. The molecule has 0 bridgehead atoms. The summed E-state index contributed by atoms with van der Waals surface area (Å²) in [5, 5.41) is 10.7. The van der Waals surface area contributed by atoms with E-state index in [1.165, 1.54) is 7.11 Å². The number of benzene rings is 2. The van der Waals surface area contributed by atoms with E-state index in [0.717, 1.165) is 23.4 Å². The molecule has 6 nitrogen and oxygen atoms in total. The molecule has 0 aliphatic heterocycles. The van der Waals surface area contributed by atoms with Gasteiger partial charge in [0.1, 0.15) is 5.75 Å². The molecule has 6 heteroatoms. The molecule has 0 aliphatic carbocycles. The van der Waals surface area contributed by atoms with Gasteiger partial charge in [-0.1, -0.05) is 38.1 Å². The molecule has 0 saturated heterocycles. The van der Waals surface area contributed by atoms with Crippen LogP contribution in [0.25, 0.3) is 0 Å². The highest BCUT2D eigenvalue weighted by Gasteiger charge is 2.18. The number of rotatable bonds is 5. The first-order chi connectivity index (χ1) is 11.5. The molecule has 2 rings (SSSR count). The van der Waals surface area contributed by atoms with E-state index in [-0.39, 0.29) is 5.69 Å². The Morgan fingerprint density at radius 1 is 0.958 bits per heavy atom. The number of nitrogen functional groups attached to an aromatic ring is 1. The van der Waals surface area contributed by atoms with E-state index in [4.69, 9.17) is 15.2 Å². The van der Waals surface area contributed by atoms with Gasteiger partial charge in [-0.25, -0.2) is 0 Å². The standard InChI is InChI=1S/C9H11NO3.C9H13NO/c1-3-7-5-4-6-8(13-2)9(7)10(11)12;1-3-7-5-4-6-8(11-2)9(7)10/h4-6H,3H2,1-2H3;4-6H,3,10H2,1-2H3. The molecule has 0 atom stereocenters. The maximum Gasteiger partial charge on any atom is 0.314 e. The number of nitrogens with zero attached hydrogens (tertiary/aromatic N) is 1. The number of anilines is 1. The van der Waals surface area contributed by atoms with E-state index in [0.29, 0.717) is 17.7 Å². The SMILES string of the molecule is CCc1cccc(OC)c1N.CCc1cccc(OC)c1[N+](=O)[O-]. The summed E-state index contributed by atoms with van der Waals surface area (Å²) in [4.78, 5) is 10.3. The number of nitrogens with two attached hydrogens (primary N) is 1. The van der Waals surface area contributed by atoms with Crippen LogP contribution in [0.4, 0.5) is 11.4 Å². The lowest BCUT2D eigenvalue weighted by molar-refractivity contribution is -0.386. The van der Waals surface area contributed by atoms with Gasteiger partial charge >= 0.3 is 5.69 Å². The Morgan fingerprint density at radius 2 is 1.46 bits per heavy atom. The van der Waals surface area contributed by atoms with Crippen LogP contribution >= 0.6 is 0 Å². The molecule has 0 spiro atoms. The number of methoxy groups -OCH3 is 2. The Bertz CT molecular complexity index is 642. The Labute approximate surface area is 142 Å². The molecule has 0 aliphatic rings. The summed E-state index contributed by atoms with van der Waals surface area (Å²) >= 11 is 0. The first kappa shape index (κ1) is 19.3. The van der Waals surface area contributed by atoms with Crippen LogP contribution in [0.5, 0.6) is 11.5 Å². The van der Waals surface area contributed by atoms with E-state index >= 15 is 0 Å². The topological polar surface area (TPSA) is 87.6 Å². The summed E-state index contributed by atoms with van der Waals surface area (Å²) in [5.74, 6) is 1.09. The first-order valence-corrected chi connectivity index (χ1v) is 7.71. The van der Waals surface area contributed by atoms with Crippen molar-refractivity contribution in [3.8, 4) is 11.5 Å². The number of nitro groups is 1. The van der Waals surface area contributed by atoms with E-state index in [2.05, 4.69) is 6.92 Å². The van der Waals surface area contributed by atoms with E-state index in [1.807, 2.05) is 25.1 Å². The number of ether oxygens (including phenoxy) is 2. The lowest BCUT2D eigenvalue weighted by atomic mass is 10.1. The Hall–Kier alpha value is -2.76. The molecule has 0 amide bonds. The van der Waals surface area contributed by atoms with Gasteiger partial charge in [-0.15, -0.1) is 0 Å². The van der Waals surface area contributed by atoms with Crippen LogP contribution in [0.3, 0.4) is 0 Å². The quantitative estimate of drug-likeness (QED) is 0.508. The molecule has 2 aromatic carbocycles. The molecular weight excluding hydrogens is 308 g/mol. The first-order valence-electron chi connectivity index (χ1n) is 7.71. The smallest absolute Gasteiger partial charge is 0.314 e. The second-order valence-electron chi connectivity index (χ2n) is 4.97. The molecule has 0 saturated carbocycles. The minimum Gasteiger partial charge on any atom is -0.495 e. The van der Waals surface area contributed by atoms with Gasteiger partial charge in [-0.05, 0) is 30.5 Å². The van der Waals surface area contributed by atoms with Gasteiger partial charge in [0.2, 0.25) is 0 Å². The fourth-order valence-electron chi connectivity index (χ4n) is 2.30. The monoisotopic (exact) mass is 332 g/mol. The van der Waals surface area contributed by atoms with Gasteiger partial charge < -0.3 is 15.2 Å². The van der Waals surface area contributed by atoms with Crippen molar-refractivity contribution >= 4 is 11.4 Å². The van der Waals surface area contributed by atoms with Gasteiger partial charge in [0, 0.05) is 5.56 Å². The zero-order valence-electron chi connectivity index (χ0n) is 14.5. The van der Waals surface area contributed by atoms with Crippen LogP contribution in [0.2, 0.25) is 0 Å². The zero-order chi connectivity index (χ0) is 18.1. The van der Waals surface area contributed by atoms with Gasteiger partial charge in [0.05, 0.1) is 24.8 Å². The van der Waals surface area contributed by atoms with Crippen LogP contribution in [0, 0.1) is 10.1 Å². The Kier molecular flexibility index (Phi) is 7.55. The summed E-state index contributed by atoms with van der Waals surface area (Å²) in [7, 11) is 3.06. The largest absolute Gasteiger partial charge is 0.495 e. The maximum atomic E-state index is 10.7. The maximum absolute atomic E-state index is 10.7. The van der Waals surface area contributed by atoms with Crippen molar-refractivity contribution in [1.82, 2.24) is 0 Å². The molecule has 24 heavy (non-hydrogen) atoms. The second-order valence-corrected chi connectivity index (χ2v) is 4.97.